The fraction of sp³-hybridized carbons (Fsp3) is 0.0714. The first kappa shape index (κ1) is 11.8. The second-order valence-corrected chi connectivity index (χ2v) is 5.68. The molecule has 1 atom stereocenters. The van der Waals surface area contributed by atoms with Crippen molar-refractivity contribution in [2.24, 2.45) is 0 Å². The predicted molar refractivity (Wildman–Crippen MR) is 73.2 cm³/mol. The molecular weight excluding hydrogens is 316 g/mol. The minimum absolute atomic E-state index is 0.342. The van der Waals surface area contributed by atoms with Crippen LogP contribution in [-0.2, 0) is 9.12 Å². The number of ether oxygens (including phenoxy) is 1. The van der Waals surface area contributed by atoms with Crippen LogP contribution in [-0.4, -0.2) is 5.97 Å². The van der Waals surface area contributed by atoms with E-state index in [2.05, 4.69) is 15.9 Å². The van der Waals surface area contributed by atoms with Crippen LogP contribution in [0.25, 0.3) is 0 Å². The lowest BCUT2D eigenvalue weighted by Crippen LogP contribution is -2.28. The normalized spacial score (nSPS) is 21.6. The molecule has 0 aromatic heterocycles. The number of carbonyl (C=O) groups excluding carboxylic acids is 1. The van der Waals surface area contributed by atoms with Crippen LogP contribution in [0.5, 0.6) is 5.75 Å². The van der Waals surface area contributed by atoms with Crippen LogP contribution in [0.1, 0.15) is 11.1 Å². The molecule has 1 heterocycles. The third-order valence-corrected chi connectivity index (χ3v) is 4.41. The predicted octanol–water partition coefficient (Wildman–Crippen LogP) is 3.90. The van der Waals surface area contributed by atoms with Gasteiger partial charge in [0.1, 0.15) is 5.75 Å². The van der Waals surface area contributed by atoms with Crippen molar-refractivity contribution in [1.82, 2.24) is 0 Å². The Balaban J connectivity index is 2.25. The highest BCUT2D eigenvalue weighted by atomic mass is 79.9. The highest BCUT2D eigenvalue weighted by Crippen LogP contribution is 2.49. The van der Waals surface area contributed by atoms with Crippen molar-refractivity contribution in [2.45, 2.75) is 4.32 Å². The van der Waals surface area contributed by atoms with Gasteiger partial charge in [-0.25, -0.2) is 4.79 Å². The molecule has 4 heteroatoms. The Labute approximate surface area is 118 Å². The lowest BCUT2D eigenvalue weighted by molar-refractivity contribution is -0.133. The van der Waals surface area contributed by atoms with Gasteiger partial charge in [-0.05, 0) is 23.8 Å². The highest BCUT2D eigenvalue weighted by Gasteiger charge is 2.48. The summed E-state index contributed by atoms with van der Waals surface area (Å²) < 4.78 is 4.32. The van der Waals surface area contributed by atoms with E-state index in [0.29, 0.717) is 10.8 Å². The quantitative estimate of drug-likeness (QED) is 0.452. The van der Waals surface area contributed by atoms with Gasteiger partial charge < -0.3 is 4.74 Å². The molecule has 0 aliphatic carbocycles. The number of hydrogen-bond donors (Lipinski definition) is 0. The van der Waals surface area contributed by atoms with Crippen LogP contribution in [0.4, 0.5) is 0 Å². The molecule has 0 amide bonds. The Morgan fingerprint density at radius 2 is 1.83 bits per heavy atom. The molecule has 2 nitrogen and oxygen atoms in total. The zero-order chi connectivity index (χ0) is 12.8. The molecule has 0 bridgehead atoms. The molecule has 1 unspecified atom stereocenters. The smallest absolute Gasteiger partial charge is 0.337 e. The fourth-order valence-electron chi connectivity index (χ4n) is 2.08. The number of carbonyl (C=O) groups is 1. The molecule has 18 heavy (non-hydrogen) atoms. The average molecular weight is 324 g/mol. The van der Waals surface area contributed by atoms with E-state index in [1.807, 2.05) is 30.3 Å². The van der Waals surface area contributed by atoms with E-state index < -0.39 is 4.32 Å². The van der Waals surface area contributed by atoms with Crippen LogP contribution in [0.15, 0.2) is 48.5 Å². The number of benzene rings is 2. The second kappa shape index (κ2) is 4.11. The van der Waals surface area contributed by atoms with Gasteiger partial charge in [0.15, 0.2) is 4.32 Å². The largest absolute Gasteiger partial charge is 0.425 e. The summed E-state index contributed by atoms with van der Waals surface area (Å²) in [6, 6.07) is 14.6. The van der Waals surface area contributed by atoms with Gasteiger partial charge in [-0.15, -0.1) is 0 Å². The molecule has 0 radical (unpaired) electrons. The fourth-order valence-corrected chi connectivity index (χ4v) is 2.91. The number of rotatable bonds is 1. The maximum atomic E-state index is 12.2. The van der Waals surface area contributed by atoms with Gasteiger partial charge in [-0.2, -0.15) is 0 Å². The lowest BCUT2D eigenvalue weighted by Gasteiger charge is -2.18. The Morgan fingerprint density at radius 3 is 2.56 bits per heavy atom. The van der Waals surface area contributed by atoms with E-state index in [0.717, 1.165) is 11.1 Å². The molecule has 1 aliphatic heterocycles. The minimum atomic E-state index is -0.964. The van der Waals surface area contributed by atoms with Crippen LogP contribution < -0.4 is 4.74 Å². The van der Waals surface area contributed by atoms with Crippen molar-refractivity contribution >= 4 is 33.5 Å². The van der Waals surface area contributed by atoms with Crippen LogP contribution >= 0.6 is 27.5 Å². The first-order valence-electron chi connectivity index (χ1n) is 5.39. The topological polar surface area (TPSA) is 26.3 Å². The summed E-state index contributed by atoms with van der Waals surface area (Å²) in [6.45, 7) is 0. The molecule has 0 N–H and O–H groups in total. The molecule has 2 aromatic rings. The van der Waals surface area contributed by atoms with Gasteiger partial charge >= 0.3 is 5.97 Å². The number of halogens is 2. The monoisotopic (exact) mass is 322 g/mol. The molecule has 0 saturated carbocycles. The standard InChI is InChI=1S/C14H8BrClO2/c15-14(9-4-2-1-3-5-9)11-8-10(16)6-7-12(11)18-13(14)17/h1-8H. The van der Waals surface area contributed by atoms with Crippen molar-refractivity contribution in [3.05, 3.63) is 64.7 Å². The zero-order valence-corrected chi connectivity index (χ0v) is 11.5. The molecular formula is C14H8BrClO2. The molecule has 0 spiro atoms. The molecule has 3 rings (SSSR count). The van der Waals surface area contributed by atoms with Gasteiger partial charge in [-0.1, -0.05) is 57.9 Å². The van der Waals surface area contributed by atoms with Crippen LogP contribution in [0, 0.1) is 0 Å². The summed E-state index contributed by atoms with van der Waals surface area (Å²) in [6.07, 6.45) is 0. The number of alkyl halides is 1. The van der Waals surface area contributed by atoms with Crippen molar-refractivity contribution in [2.75, 3.05) is 0 Å². The van der Waals surface area contributed by atoms with E-state index in [1.54, 1.807) is 18.2 Å². The number of hydrogen-bond acceptors (Lipinski definition) is 2. The molecule has 0 fully saturated rings. The SMILES string of the molecule is O=C1Oc2ccc(Cl)cc2C1(Br)c1ccccc1. The summed E-state index contributed by atoms with van der Waals surface area (Å²) in [5.74, 6) is 0.205. The van der Waals surface area contributed by atoms with Gasteiger partial charge in [-0.3, -0.25) is 0 Å². The second-order valence-electron chi connectivity index (χ2n) is 4.05. The third kappa shape index (κ3) is 1.58. The molecule has 1 aliphatic rings. The summed E-state index contributed by atoms with van der Waals surface area (Å²) in [5.41, 5.74) is 1.57. The summed E-state index contributed by atoms with van der Waals surface area (Å²) >= 11 is 9.52. The molecule has 90 valence electrons. The van der Waals surface area contributed by atoms with Crippen molar-refractivity contribution in [1.29, 1.82) is 0 Å². The van der Waals surface area contributed by atoms with E-state index in [1.165, 1.54) is 0 Å². The zero-order valence-electron chi connectivity index (χ0n) is 9.19. The van der Waals surface area contributed by atoms with Crippen molar-refractivity contribution in [3.63, 3.8) is 0 Å². The number of fused-ring (bicyclic) bond motifs is 1. The lowest BCUT2D eigenvalue weighted by atomic mass is 9.92. The van der Waals surface area contributed by atoms with Gasteiger partial charge in [0.2, 0.25) is 0 Å². The van der Waals surface area contributed by atoms with Crippen molar-refractivity contribution < 1.29 is 9.53 Å². The third-order valence-electron chi connectivity index (χ3n) is 2.97. The van der Waals surface area contributed by atoms with Gasteiger partial charge in [0, 0.05) is 10.6 Å². The maximum Gasteiger partial charge on any atom is 0.337 e. The van der Waals surface area contributed by atoms with Gasteiger partial charge in [0.05, 0.1) is 0 Å². The van der Waals surface area contributed by atoms with Crippen molar-refractivity contribution in [3.8, 4) is 5.75 Å². The number of esters is 1. The Hall–Kier alpha value is -1.32. The Kier molecular flexibility index (Phi) is 2.68. The van der Waals surface area contributed by atoms with Crippen LogP contribution in [0.3, 0.4) is 0 Å². The molecule has 0 saturated heterocycles. The summed E-state index contributed by atoms with van der Waals surface area (Å²) in [7, 11) is 0. The van der Waals surface area contributed by atoms with E-state index in [4.69, 9.17) is 16.3 Å². The summed E-state index contributed by atoms with van der Waals surface area (Å²) in [4.78, 5) is 12.2. The Morgan fingerprint density at radius 1 is 1.11 bits per heavy atom. The first-order chi connectivity index (χ1) is 8.62. The Bertz CT molecular complexity index is 627. The highest BCUT2D eigenvalue weighted by molar-refractivity contribution is 9.10. The molecule has 2 aromatic carbocycles. The average Bonchev–Trinajstić information content (AvgIpc) is 2.64. The van der Waals surface area contributed by atoms with E-state index in [-0.39, 0.29) is 5.97 Å². The minimum Gasteiger partial charge on any atom is -0.425 e. The maximum absolute atomic E-state index is 12.2. The van der Waals surface area contributed by atoms with E-state index in [9.17, 15) is 4.79 Å². The van der Waals surface area contributed by atoms with Gasteiger partial charge in [0.25, 0.3) is 0 Å². The van der Waals surface area contributed by atoms with E-state index >= 15 is 0 Å². The summed E-state index contributed by atoms with van der Waals surface area (Å²) in [5, 5.41) is 0.576. The first-order valence-corrected chi connectivity index (χ1v) is 6.56. The van der Waals surface area contributed by atoms with Crippen LogP contribution in [0.2, 0.25) is 5.02 Å².